The third-order valence-electron chi connectivity index (χ3n) is 10.7. The summed E-state index contributed by atoms with van der Waals surface area (Å²) >= 11 is 0. The largest absolute Gasteiger partial charge is 0.368 e. The lowest BCUT2D eigenvalue weighted by molar-refractivity contribution is 0.517. The maximum absolute atomic E-state index is 4.14. The average molecular weight is 876 g/mol. The lowest BCUT2D eigenvalue weighted by Gasteiger charge is -2.19. The molecule has 2 aromatic rings. The van der Waals surface area contributed by atoms with Gasteiger partial charge >= 0.3 is 0 Å². The van der Waals surface area contributed by atoms with Crippen molar-refractivity contribution in [2.24, 2.45) is 17.3 Å². The van der Waals surface area contributed by atoms with Gasteiger partial charge in [-0.25, -0.2) is 0 Å². The van der Waals surface area contributed by atoms with Crippen molar-refractivity contribution in [2.75, 3.05) is 0 Å². The Morgan fingerprint density at radius 3 is 1.75 bits per heavy atom. The highest BCUT2D eigenvalue weighted by atomic mass is 14.8. The molecule has 0 aliphatic rings. The molecule has 0 unspecified atom stereocenters. The van der Waals surface area contributed by atoms with Gasteiger partial charge in [0.1, 0.15) is 0 Å². The number of hydrogen-bond donors (Lipinski definition) is 1. The van der Waals surface area contributed by atoms with Crippen molar-refractivity contribution in [3.05, 3.63) is 202 Å². The summed E-state index contributed by atoms with van der Waals surface area (Å²) in [4.78, 5) is 0. The molecule has 0 amide bonds. The van der Waals surface area contributed by atoms with Gasteiger partial charge in [-0.15, -0.1) is 12.8 Å². The van der Waals surface area contributed by atoms with Gasteiger partial charge < -0.3 is 5.32 Å². The minimum atomic E-state index is 0.0790. The number of rotatable bonds is 17. The number of benzene rings is 2. The van der Waals surface area contributed by atoms with Gasteiger partial charge in [0.25, 0.3) is 0 Å². The Bertz CT molecular complexity index is 2150. The highest BCUT2D eigenvalue weighted by Gasteiger charge is 2.14. The molecule has 0 radical (unpaired) electrons. The Morgan fingerprint density at radius 2 is 1.28 bits per heavy atom. The average Bonchev–Trinajstić information content (AvgIpc) is 3.23. The van der Waals surface area contributed by atoms with Crippen molar-refractivity contribution in [1.29, 1.82) is 0 Å². The quantitative estimate of drug-likeness (QED) is 0.0948. The summed E-state index contributed by atoms with van der Waals surface area (Å²) in [5, 5.41) is 6.03. The maximum atomic E-state index is 4.14. The molecule has 0 atom stereocenters. The number of hydrogen-bond acceptors (Lipinski definition) is 1. The van der Waals surface area contributed by atoms with E-state index < -0.39 is 0 Å². The van der Waals surface area contributed by atoms with E-state index in [9.17, 15) is 0 Å². The Labute approximate surface area is 402 Å². The highest BCUT2D eigenvalue weighted by Crippen LogP contribution is 2.26. The van der Waals surface area contributed by atoms with Gasteiger partial charge in [-0.3, -0.25) is 0 Å². The normalized spacial score (nSPS) is 14.0. The van der Waals surface area contributed by atoms with Gasteiger partial charge in [-0.05, 0) is 158 Å². The molecule has 354 valence electrons. The standard InChI is InChI=1S/C39H57N.C12H18.C11H16.C2H2/c1-14-17-33(39(11,12)13)23-25-40-24-22-30(8)26-31(9)27-32(10)36-20-21-37(34(15-2)29(6)7)35(16-3)38(36)19-18-28(4)5;1-5-7-8-9-12(4)10-11(3)6-2;1-9-5-7-10(8-6-9)11(2,3)4;1-2/h14-15,17,20-29,40H,1-2,16,18-19H2,3-13H3;5-7,9-10H,2,8H2,1,3-4H3;5-8H,1-4H3;1-2H/b24-22+,25-23-,30-26-,31-27-,33-17+,36-32+,37-34+;7-5+,11-10-,12-9-;;. The summed E-state index contributed by atoms with van der Waals surface area (Å²) in [6, 6.07) is 13.4. The molecular weight excluding hydrogens is 783 g/mol. The molecule has 0 aliphatic heterocycles. The Kier molecular flexibility index (Phi) is 31.6. The van der Waals surface area contributed by atoms with Crippen molar-refractivity contribution in [2.45, 2.75) is 156 Å². The molecule has 0 saturated carbocycles. The summed E-state index contributed by atoms with van der Waals surface area (Å²) in [6.07, 6.45) is 41.5. The minimum absolute atomic E-state index is 0.0790. The molecule has 1 heteroatoms. The van der Waals surface area contributed by atoms with Crippen LogP contribution in [0.5, 0.6) is 0 Å². The summed E-state index contributed by atoms with van der Waals surface area (Å²) < 4.78 is 0. The lowest BCUT2D eigenvalue weighted by Crippen LogP contribution is -2.25. The SMILES string of the molecule is C#C.C=C/C(C)=C\C(C)=C/C/C=C/C.C=C/C=C(\C=C/N/C=C/C(C)=C\C(C)=C/C(C)=c1\cc/c(=C(/C=C)C(C)C)c(CC)c1CCC(C)C)C(C)(C)C.Cc1ccc(C(C)(C)C)cc1. The van der Waals surface area contributed by atoms with Crippen LogP contribution in [0.3, 0.4) is 0 Å². The van der Waals surface area contributed by atoms with Crippen molar-refractivity contribution >= 4 is 11.1 Å². The Balaban J connectivity index is 0. The van der Waals surface area contributed by atoms with Crippen LogP contribution in [-0.2, 0) is 18.3 Å². The van der Waals surface area contributed by atoms with Gasteiger partial charge in [0.15, 0.2) is 0 Å². The molecule has 1 N–H and O–H groups in total. The fraction of sp³-hybridized carbons (Fsp3) is 0.406. The zero-order valence-electron chi connectivity index (χ0n) is 44.8. The van der Waals surface area contributed by atoms with E-state index in [-0.39, 0.29) is 10.8 Å². The summed E-state index contributed by atoms with van der Waals surface area (Å²) in [5.74, 6) is 1.12. The molecule has 0 saturated heterocycles. The third kappa shape index (κ3) is 26.3. The van der Waals surface area contributed by atoms with Crippen LogP contribution in [0.1, 0.15) is 153 Å². The Morgan fingerprint density at radius 1 is 0.708 bits per heavy atom. The first-order valence-electron chi connectivity index (χ1n) is 23.7. The van der Waals surface area contributed by atoms with Gasteiger partial charge in [-0.2, -0.15) is 0 Å². The zero-order chi connectivity index (χ0) is 50.3. The zero-order valence-corrected chi connectivity index (χ0v) is 44.8. The Hall–Kier alpha value is -5.32. The van der Waals surface area contributed by atoms with E-state index in [0.29, 0.717) is 11.8 Å². The van der Waals surface area contributed by atoms with Crippen molar-refractivity contribution in [3.8, 4) is 12.8 Å². The number of aryl methyl sites for hydroxylation is 1. The first-order chi connectivity index (χ1) is 30.5. The van der Waals surface area contributed by atoms with Gasteiger partial charge in [0.2, 0.25) is 0 Å². The number of nitrogens with one attached hydrogen (secondary N) is 1. The van der Waals surface area contributed by atoms with Gasteiger partial charge in [-0.1, -0.05) is 215 Å². The first kappa shape index (κ1) is 61.8. The van der Waals surface area contributed by atoms with Crippen LogP contribution >= 0.6 is 0 Å². The molecular formula is C64H93N. The molecule has 0 bridgehead atoms. The van der Waals surface area contributed by atoms with Gasteiger partial charge in [0.05, 0.1) is 0 Å². The fourth-order valence-electron chi connectivity index (χ4n) is 6.96. The second-order valence-electron chi connectivity index (χ2n) is 19.6. The third-order valence-corrected chi connectivity index (χ3v) is 10.7. The van der Waals surface area contributed by atoms with E-state index in [1.165, 1.54) is 78.1 Å². The summed E-state index contributed by atoms with van der Waals surface area (Å²) in [7, 11) is 0. The molecule has 65 heavy (non-hydrogen) atoms. The number of terminal acetylenes is 1. The molecule has 0 aromatic heterocycles. The molecule has 0 heterocycles. The van der Waals surface area contributed by atoms with Crippen LogP contribution in [0.25, 0.3) is 11.1 Å². The molecule has 0 spiro atoms. The highest BCUT2D eigenvalue weighted by molar-refractivity contribution is 5.63. The van der Waals surface area contributed by atoms with Crippen LogP contribution in [0.15, 0.2) is 169 Å². The van der Waals surface area contributed by atoms with E-state index in [1.807, 2.05) is 31.5 Å². The molecule has 2 aromatic carbocycles. The van der Waals surface area contributed by atoms with E-state index in [4.69, 9.17) is 0 Å². The monoisotopic (exact) mass is 876 g/mol. The second-order valence-corrected chi connectivity index (χ2v) is 19.6. The molecule has 1 nitrogen and oxygen atoms in total. The predicted molar refractivity (Wildman–Crippen MR) is 299 cm³/mol. The van der Waals surface area contributed by atoms with Crippen molar-refractivity contribution in [1.82, 2.24) is 5.32 Å². The summed E-state index contributed by atoms with van der Waals surface area (Å²) in [5.41, 5.74) is 14.9. The van der Waals surface area contributed by atoms with E-state index >= 15 is 0 Å². The lowest BCUT2D eigenvalue weighted by atomic mass is 9.86. The minimum Gasteiger partial charge on any atom is -0.368 e. The summed E-state index contributed by atoms with van der Waals surface area (Å²) in [6.45, 7) is 51.4. The van der Waals surface area contributed by atoms with Crippen LogP contribution in [0.2, 0.25) is 0 Å². The predicted octanol–water partition coefficient (Wildman–Crippen LogP) is 17.2. The molecule has 0 fully saturated rings. The van der Waals surface area contributed by atoms with Crippen molar-refractivity contribution < 1.29 is 0 Å². The fourth-order valence-corrected chi connectivity index (χ4v) is 6.96. The van der Waals surface area contributed by atoms with E-state index in [0.717, 1.165) is 19.3 Å². The topological polar surface area (TPSA) is 12.0 Å². The van der Waals surface area contributed by atoms with Crippen LogP contribution in [-0.4, -0.2) is 0 Å². The molecule has 2 rings (SSSR count). The van der Waals surface area contributed by atoms with Crippen LogP contribution in [0, 0.1) is 37.0 Å². The first-order valence-corrected chi connectivity index (χ1v) is 23.7. The van der Waals surface area contributed by atoms with Crippen LogP contribution in [0.4, 0.5) is 0 Å². The van der Waals surface area contributed by atoms with E-state index in [1.54, 1.807) is 0 Å². The van der Waals surface area contributed by atoms with Gasteiger partial charge in [0, 0.05) is 12.4 Å². The van der Waals surface area contributed by atoms with Crippen LogP contribution < -0.4 is 15.8 Å². The maximum Gasteiger partial charge on any atom is 0.000738 e. The molecule has 0 aliphatic carbocycles. The van der Waals surface area contributed by atoms with Crippen molar-refractivity contribution in [3.63, 3.8) is 0 Å². The number of allylic oxidation sites excluding steroid dienone is 17. The smallest absolute Gasteiger partial charge is 0.000738 e. The second kappa shape index (κ2) is 33.2. The van der Waals surface area contributed by atoms with E-state index in [2.05, 4.69) is 253 Å².